The SMILES string of the molecule is COc1ccc(Br)c2c1OC1(C=C2)N(C)c2ccc(Cl)cc2C1(C)C. The summed E-state index contributed by atoms with van der Waals surface area (Å²) in [6.07, 6.45) is 4.24. The van der Waals surface area contributed by atoms with Crippen molar-refractivity contribution in [1.82, 2.24) is 0 Å². The lowest BCUT2D eigenvalue weighted by molar-refractivity contribution is 0.0551. The normalized spacial score (nSPS) is 22.6. The monoisotopic (exact) mass is 419 g/mol. The molecule has 0 N–H and O–H groups in total. The molecule has 2 heterocycles. The average molecular weight is 421 g/mol. The molecule has 4 rings (SSSR count). The Labute approximate surface area is 161 Å². The van der Waals surface area contributed by atoms with Gasteiger partial charge in [0.05, 0.1) is 12.5 Å². The van der Waals surface area contributed by atoms with Gasteiger partial charge in [0.1, 0.15) is 0 Å². The number of fused-ring (bicyclic) bond motifs is 2. The van der Waals surface area contributed by atoms with Crippen LogP contribution in [0.1, 0.15) is 25.0 Å². The summed E-state index contributed by atoms with van der Waals surface area (Å²) in [4.78, 5) is 2.18. The van der Waals surface area contributed by atoms with Crippen LogP contribution in [0.2, 0.25) is 5.02 Å². The van der Waals surface area contributed by atoms with E-state index < -0.39 is 5.72 Å². The third-order valence-corrected chi connectivity index (χ3v) is 6.37. The lowest BCUT2D eigenvalue weighted by Gasteiger charge is -2.46. The molecule has 0 aromatic heterocycles. The molecule has 3 nitrogen and oxygen atoms in total. The van der Waals surface area contributed by atoms with Crippen molar-refractivity contribution in [3.05, 3.63) is 57.0 Å². The zero-order valence-corrected chi connectivity index (χ0v) is 16.9. The summed E-state index contributed by atoms with van der Waals surface area (Å²) < 4.78 is 13.2. The number of rotatable bonds is 1. The number of ether oxygens (including phenoxy) is 2. The number of hydrogen-bond donors (Lipinski definition) is 0. The second-order valence-electron chi connectivity index (χ2n) is 6.97. The van der Waals surface area contributed by atoms with Crippen molar-refractivity contribution in [3.63, 3.8) is 0 Å². The number of benzene rings is 2. The summed E-state index contributed by atoms with van der Waals surface area (Å²) in [6, 6.07) is 9.90. The van der Waals surface area contributed by atoms with E-state index >= 15 is 0 Å². The largest absolute Gasteiger partial charge is 0.493 e. The molecular weight excluding hydrogens is 402 g/mol. The summed E-state index contributed by atoms with van der Waals surface area (Å²) in [6.45, 7) is 4.37. The van der Waals surface area contributed by atoms with Gasteiger partial charge in [-0.15, -0.1) is 0 Å². The van der Waals surface area contributed by atoms with E-state index in [-0.39, 0.29) is 5.41 Å². The molecule has 5 heteroatoms. The highest BCUT2D eigenvalue weighted by atomic mass is 79.9. The summed E-state index contributed by atoms with van der Waals surface area (Å²) in [7, 11) is 3.72. The highest BCUT2D eigenvalue weighted by molar-refractivity contribution is 9.10. The standard InChI is InChI=1S/C20H19BrClNO2/c1-19(2)14-11-12(22)5-7-16(14)23(3)20(19)10-9-13-15(21)6-8-17(24-4)18(13)25-20/h5-11H,1-4H3. The fourth-order valence-corrected chi connectivity index (χ4v) is 4.59. The van der Waals surface area contributed by atoms with E-state index in [4.69, 9.17) is 21.1 Å². The van der Waals surface area contributed by atoms with Gasteiger partial charge in [-0.2, -0.15) is 0 Å². The Balaban J connectivity index is 1.93. The van der Waals surface area contributed by atoms with Crippen molar-refractivity contribution in [2.45, 2.75) is 25.0 Å². The smallest absolute Gasteiger partial charge is 0.212 e. The maximum Gasteiger partial charge on any atom is 0.212 e. The second-order valence-corrected chi connectivity index (χ2v) is 8.26. The van der Waals surface area contributed by atoms with E-state index in [1.165, 1.54) is 5.56 Å². The fraction of sp³-hybridized carbons (Fsp3) is 0.300. The van der Waals surface area contributed by atoms with Gasteiger partial charge >= 0.3 is 0 Å². The van der Waals surface area contributed by atoms with E-state index in [1.807, 2.05) is 24.3 Å². The molecule has 25 heavy (non-hydrogen) atoms. The Kier molecular flexibility index (Phi) is 3.64. The van der Waals surface area contributed by atoms with Gasteiger partial charge in [0.15, 0.2) is 11.5 Å². The molecule has 0 saturated heterocycles. The highest BCUT2D eigenvalue weighted by Crippen LogP contribution is 2.56. The first-order valence-electron chi connectivity index (χ1n) is 8.10. The van der Waals surface area contributed by atoms with Crippen LogP contribution < -0.4 is 14.4 Å². The van der Waals surface area contributed by atoms with Crippen molar-refractivity contribution in [2.75, 3.05) is 19.1 Å². The Morgan fingerprint density at radius 3 is 2.68 bits per heavy atom. The first-order chi connectivity index (χ1) is 11.8. The third-order valence-electron chi connectivity index (χ3n) is 5.45. The van der Waals surface area contributed by atoms with Gasteiger partial charge in [-0.1, -0.05) is 27.5 Å². The maximum atomic E-state index is 6.67. The quantitative estimate of drug-likeness (QED) is 0.596. The summed E-state index contributed by atoms with van der Waals surface area (Å²) in [5.74, 6) is 1.47. The number of halogens is 2. The second kappa shape index (κ2) is 5.42. The average Bonchev–Trinajstić information content (AvgIpc) is 2.74. The van der Waals surface area contributed by atoms with E-state index in [0.717, 1.165) is 32.2 Å². The van der Waals surface area contributed by atoms with Crippen molar-refractivity contribution >= 4 is 39.3 Å². The summed E-state index contributed by atoms with van der Waals surface area (Å²) >= 11 is 9.88. The lowest BCUT2D eigenvalue weighted by Crippen LogP contribution is -2.58. The topological polar surface area (TPSA) is 21.7 Å². The minimum atomic E-state index is -0.652. The fourth-order valence-electron chi connectivity index (χ4n) is 3.97. The van der Waals surface area contributed by atoms with Crippen LogP contribution in [0.5, 0.6) is 11.5 Å². The van der Waals surface area contributed by atoms with Gasteiger partial charge < -0.3 is 14.4 Å². The maximum absolute atomic E-state index is 6.67. The van der Waals surface area contributed by atoms with Gasteiger partial charge in [0.2, 0.25) is 5.72 Å². The molecule has 1 unspecified atom stereocenters. The van der Waals surface area contributed by atoms with E-state index in [1.54, 1.807) is 7.11 Å². The van der Waals surface area contributed by atoms with Crippen LogP contribution in [0.15, 0.2) is 40.9 Å². The number of anilines is 1. The van der Waals surface area contributed by atoms with Crippen molar-refractivity contribution < 1.29 is 9.47 Å². The minimum absolute atomic E-state index is 0.302. The molecule has 2 aliphatic heterocycles. The van der Waals surface area contributed by atoms with Crippen LogP contribution in [0.4, 0.5) is 5.69 Å². The Morgan fingerprint density at radius 2 is 1.96 bits per heavy atom. The highest BCUT2D eigenvalue weighted by Gasteiger charge is 2.58. The van der Waals surface area contributed by atoms with E-state index in [2.05, 4.69) is 59.9 Å². The molecule has 2 aromatic carbocycles. The Bertz CT molecular complexity index is 909. The van der Waals surface area contributed by atoms with Crippen LogP contribution in [-0.4, -0.2) is 19.9 Å². The van der Waals surface area contributed by atoms with E-state index in [9.17, 15) is 0 Å². The first kappa shape index (κ1) is 16.8. The van der Waals surface area contributed by atoms with Gasteiger partial charge in [0.25, 0.3) is 0 Å². The minimum Gasteiger partial charge on any atom is -0.493 e. The number of likely N-dealkylation sites (N-methyl/N-ethyl adjacent to an activating group) is 1. The molecular formula is C20H19BrClNO2. The van der Waals surface area contributed by atoms with Crippen LogP contribution in [0.25, 0.3) is 6.08 Å². The molecule has 0 bridgehead atoms. The summed E-state index contributed by atoms with van der Waals surface area (Å²) in [5.41, 5.74) is 2.33. The van der Waals surface area contributed by atoms with Crippen LogP contribution >= 0.6 is 27.5 Å². The summed E-state index contributed by atoms with van der Waals surface area (Å²) in [5, 5.41) is 0.734. The number of nitrogens with zero attached hydrogens (tertiary/aromatic N) is 1. The zero-order valence-electron chi connectivity index (χ0n) is 14.6. The molecule has 0 amide bonds. The Morgan fingerprint density at radius 1 is 1.20 bits per heavy atom. The predicted molar refractivity (Wildman–Crippen MR) is 106 cm³/mol. The molecule has 1 atom stereocenters. The molecule has 0 saturated carbocycles. The third kappa shape index (κ3) is 2.10. The van der Waals surface area contributed by atoms with E-state index in [0.29, 0.717) is 0 Å². The van der Waals surface area contributed by atoms with Gasteiger partial charge in [0, 0.05) is 27.8 Å². The lowest BCUT2D eigenvalue weighted by atomic mass is 9.76. The van der Waals surface area contributed by atoms with Gasteiger partial charge in [-0.3, -0.25) is 0 Å². The molecule has 0 aliphatic carbocycles. The van der Waals surface area contributed by atoms with Crippen molar-refractivity contribution in [1.29, 1.82) is 0 Å². The van der Waals surface area contributed by atoms with Crippen LogP contribution in [0.3, 0.4) is 0 Å². The number of hydrogen-bond acceptors (Lipinski definition) is 3. The zero-order chi connectivity index (χ0) is 18.0. The van der Waals surface area contributed by atoms with Gasteiger partial charge in [-0.05, 0) is 61.9 Å². The first-order valence-corrected chi connectivity index (χ1v) is 9.27. The van der Waals surface area contributed by atoms with Crippen LogP contribution in [0, 0.1) is 0 Å². The number of methoxy groups -OCH3 is 1. The van der Waals surface area contributed by atoms with Gasteiger partial charge in [-0.25, -0.2) is 0 Å². The molecule has 0 radical (unpaired) electrons. The molecule has 130 valence electrons. The molecule has 1 spiro atoms. The Hall–Kier alpha value is -1.65. The van der Waals surface area contributed by atoms with Crippen molar-refractivity contribution in [2.24, 2.45) is 0 Å². The van der Waals surface area contributed by atoms with Crippen LogP contribution in [-0.2, 0) is 5.41 Å². The molecule has 2 aliphatic rings. The molecule has 0 fully saturated rings. The molecule has 2 aromatic rings. The van der Waals surface area contributed by atoms with Crippen molar-refractivity contribution in [3.8, 4) is 11.5 Å². The predicted octanol–water partition coefficient (Wildman–Crippen LogP) is 5.64.